The summed E-state index contributed by atoms with van der Waals surface area (Å²) in [6.45, 7) is 5.02. The van der Waals surface area contributed by atoms with Gasteiger partial charge in [-0.25, -0.2) is 0 Å². The van der Waals surface area contributed by atoms with Gasteiger partial charge in [0.2, 0.25) is 0 Å². The Labute approximate surface area is 159 Å². The molecule has 0 aliphatic heterocycles. The van der Waals surface area contributed by atoms with Crippen LogP contribution in [0, 0.1) is 13.8 Å². The molecule has 140 valence electrons. The molecule has 0 fully saturated rings. The minimum absolute atomic E-state index is 0.0123. The van der Waals surface area contributed by atoms with E-state index in [1.165, 1.54) is 0 Å². The van der Waals surface area contributed by atoms with E-state index in [1.54, 1.807) is 6.20 Å². The maximum atomic E-state index is 11.9. The van der Waals surface area contributed by atoms with Crippen molar-refractivity contribution in [1.29, 1.82) is 0 Å². The van der Waals surface area contributed by atoms with E-state index in [4.69, 9.17) is 9.47 Å². The van der Waals surface area contributed by atoms with Crippen LogP contribution >= 0.6 is 0 Å². The SMILES string of the molecule is Cc1ccc(C)c(OCC(=O)NCCCOc2cccc3cccnc23)c1. The molecule has 0 spiro atoms. The molecule has 1 N–H and O–H groups in total. The number of aryl methyl sites for hydroxylation is 2. The molecule has 0 unspecified atom stereocenters. The highest BCUT2D eigenvalue weighted by Gasteiger charge is 2.06. The first-order valence-electron chi connectivity index (χ1n) is 9.07. The lowest BCUT2D eigenvalue weighted by molar-refractivity contribution is -0.123. The number of carbonyl (C=O) groups is 1. The van der Waals surface area contributed by atoms with Gasteiger partial charge in [0, 0.05) is 18.1 Å². The van der Waals surface area contributed by atoms with E-state index in [2.05, 4.69) is 10.3 Å². The third-order valence-corrected chi connectivity index (χ3v) is 4.20. The fraction of sp³-hybridized carbons (Fsp3) is 0.273. The third kappa shape index (κ3) is 5.20. The van der Waals surface area contributed by atoms with Gasteiger partial charge in [0.25, 0.3) is 5.91 Å². The summed E-state index contributed by atoms with van der Waals surface area (Å²) in [5.74, 6) is 1.37. The molecule has 1 aromatic heterocycles. The van der Waals surface area contributed by atoms with E-state index in [-0.39, 0.29) is 12.5 Å². The number of rotatable bonds is 8. The van der Waals surface area contributed by atoms with Gasteiger partial charge >= 0.3 is 0 Å². The van der Waals surface area contributed by atoms with Crippen molar-refractivity contribution in [2.45, 2.75) is 20.3 Å². The van der Waals surface area contributed by atoms with Gasteiger partial charge in [0.15, 0.2) is 6.61 Å². The van der Waals surface area contributed by atoms with Crippen LogP contribution in [-0.4, -0.2) is 30.6 Å². The van der Waals surface area contributed by atoms with Crippen molar-refractivity contribution >= 4 is 16.8 Å². The number of nitrogens with zero attached hydrogens (tertiary/aromatic N) is 1. The summed E-state index contributed by atoms with van der Waals surface area (Å²) in [6, 6.07) is 15.7. The lowest BCUT2D eigenvalue weighted by atomic mass is 10.1. The second kappa shape index (κ2) is 9.03. The Hall–Kier alpha value is -3.08. The third-order valence-electron chi connectivity index (χ3n) is 4.20. The molecule has 0 radical (unpaired) electrons. The summed E-state index contributed by atoms with van der Waals surface area (Å²) in [5, 5.41) is 3.90. The van der Waals surface area contributed by atoms with Crippen LogP contribution in [0.1, 0.15) is 17.5 Å². The number of fused-ring (bicyclic) bond motifs is 1. The van der Waals surface area contributed by atoms with E-state index >= 15 is 0 Å². The van der Waals surface area contributed by atoms with Gasteiger partial charge in [0.1, 0.15) is 17.0 Å². The maximum absolute atomic E-state index is 11.9. The van der Waals surface area contributed by atoms with Gasteiger partial charge in [-0.15, -0.1) is 0 Å². The van der Waals surface area contributed by atoms with Gasteiger partial charge < -0.3 is 14.8 Å². The van der Waals surface area contributed by atoms with Crippen LogP contribution in [0.2, 0.25) is 0 Å². The maximum Gasteiger partial charge on any atom is 0.257 e. The first kappa shape index (κ1) is 18.7. The van der Waals surface area contributed by atoms with Crippen molar-refractivity contribution in [1.82, 2.24) is 10.3 Å². The number of carbonyl (C=O) groups excluding carboxylic acids is 1. The van der Waals surface area contributed by atoms with E-state index < -0.39 is 0 Å². The lowest BCUT2D eigenvalue weighted by Crippen LogP contribution is -2.30. The van der Waals surface area contributed by atoms with Crippen LogP contribution in [0.5, 0.6) is 11.5 Å². The normalized spacial score (nSPS) is 10.6. The largest absolute Gasteiger partial charge is 0.491 e. The summed E-state index contributed by atoms with van der Waals surface area (Å²) in [5.41, 5.74) is 2.98. The molecule has 5 heteroatoms. The standard InChI is InChI=1S/C22H24N2O3/c1-16-9-10-17(2)20(14-16)27-15-21(25)23-12-5-13-26-19-8-3-6-18-7-4-11-24-22(18)19/h3-4,6-11,14H,5,12-13,15H2,1-2H3,(H,23,25). The molecule has 0 aliphatic carbocycles. The van der Waals surface area contributed by atoms with Gasteiger partial charge in [-0.05, 0) is 49.6 Å². The van der Waals surface area contributed by atoms with Crippen molar-refractivity contribution in [3.63, 3.8) is 0 Å². The van der Waals surface area contributed by atoms with Crippen LogP contribution in [-0.2, 0) is 4.79 Å². The average molecular weight is 364 g/mol. The van der Waals surface area contributed by atoms with Crippen LogP contribution < -0.4 is 14.8 Å². The lowest BCUT2D eigenvalue weighted by Gasteiger charge is -2.11. The van der Waals surface area contributed by atoms with Crippen LogP contribution in [0.25, 0.3) is 10.9 Å². The monoisotopic (exact) mass is 364 g/mol. The quantitative estimate of drug-likeness (QED) is 0.618. The highest BCUT2D eigenvalue weighted by molar-refractivity contribution is 5.84. The number of hydrogen-bond donors (Lipinski definition) is 1. The number of hydrogen-bond acceptors (Lipinski definition) is 4. The molecule has 1 heterocycles. The van der Waals surface area contributed by atoms with Gasteiger partial charge in [-0.3, -0.25) is 9.78 Å². The summed E-state index contributed by atoms with van der Waals surface area (Å²) in [7, 11) is 0. The number of pyridine rings is 1. The first-order valence-corrected chi connectivity index (χ1v) is 9.07. The minimum Gasteiger partial charge on any atom is -0.491 e. The summed E-state index contributed by atoms with van der Waals surface area (Å²) >= 11 is 0. The molecule has 3 rings (SSSR count). The topological polar surface area (TPSA) is 60.5 Å². The zero-order chi connectivity index (χ0) is 19.1. The Morgan fingerprint density at radius 2 is 1.89 bits per heavy atom. The molecular weight excluding hydrogens is 340 g/mol. The number of nitrogens with one attached hydrogen (secondary N) is 1. The number of para-hydroxylation sites is 1. The summed E-state index contributed by atoms with van der Waals surface area (Å²) < 4.78 is 11.4. The summed E-state index contributed by atoms with van der Waals surface area (Å²) in [6.07, 6.45) is 2.46. The van der Waals surface area contributed by atoms with E-state index in [9.17, 15) is 4.79 Å². The van der Waals surface area contributed by atoms with Crippen molar-refractivity contribution < 1.29 is 14.3 Å². The molecule has 0 aliphatic rings. The molecule has 0 atom stereocenters. The van der Waals surface area contributed by atoms with Crippen LogP contribution in [0.15, 0.2) is 54.7 Å². The predicted molar refractivity (Wildman–Crippen MR) is 106 cm³/mol. The zero-order valence-corrected chi connectivity index (χ0v) is 15.7. The zero-order valence-electron chi connectivity index (χ0n) is 15.7. The van der Waals surface area contributed by atoms with Crippen molar-refractivity contribution in [3.8, 4) is 11.5 Å². The highest BCUT2D eigenvalue weighted by Crippen LogP contribution is 2.23. The van der Waals surface area contributed by atoms with E-state index in [0.717, 1.165) is 33.5 Å². The molecule has 1 amide bonds. The molecule has 5 nitrogen and oxygen atoms in total. The molecule has 0 saturated carbocycles. The number of amides is 1. The fourth-order valence-electron chi connectivity index (χ4n) is 2.73. The smallest absolute Gasteiger partial charge is 0.257 e. The van der Waals surface area contributed by atoms with E-state index in [0.29, 0.717) is 19.6 Å². The molecule has 0 bridgehead atoms. The molecular formula is C22H24N2O3. The first-order chi connectivity index (χ1) is 13.1. The van der Waals surface area contributed by atoms with Crippen molar-refractivity contribution in [2.24, 2.45) is 0 Å². The number of benzene rings is 2. The Kier molecular flexibility index (Phi) is 6.26. The van der Waals surface area contributed by atoms with Gasteiger partial charge in [0.05, 0.1) is 6.61 Å². The van der Waals surface area contributed by atoms with Crippen molar-refractivity contribution in [2.75, 3.05) is 19.8 Å². The minimum atomic E-state index is -0.136. The van der Waals surface area contributed by atoms with Crippen LogP contribution in [0.3, 0.4) is 0 Å². The Morgan fingerprint density at radius 1 is 1.04 bits per heavy atom. The molecule has 2 aromatic carbocycles. The molecule has 0 saturated heterocycles. The number of ether oxygens (including phenoxy) is 2. The summed E-state index contributed by atoms with van der Waals surface area (Å²) in [4.78, 5) is 16.3. The van der Waals surface area contributed by atoms with Crippen LogP contribution in [0.4, 0.5) is 0 Å². The predicted octanol–water partition coefficient (Wildman–Crippen LogP) is 3.82. The Bertz CT molecular complexity index is 919. The average Bonchev–Trinajstić information content (AvgIpc) is 2.68. The second-order valence-electron chi connectivity index (χ2n) is 6.44. The Morgan fingerprint density at radius 3 is 2.78 bits per heavy atom. The molecule has 27 heavy (non-hydrogen) atoms. The highest BCUT2D eigenvalue weighted by atomic mass is 16.5. The van der Waals surface area contributed by atoms with Gasteiger partial charge in [-0.2, -0.15) is 0 Å². The fourth-order valence-corrected chi connectivity index (χ4v) is 2.73. The second-order valence-corrected chi connectivity index (χ2v) is 6.44. The number of aromatic nitrogens is 1. The molecule has 3 aromatic rings. The Balaban J connectivity index is 1.38. The van der Waals surface area contributed by atoms with E-state index in [1.807, 2.05) is 62.4 Å². The van der Waals surface area contributed by atoms with Gasteiger partial charge in [-0.1, -0.05) is 30.3 Å². The van der Waals surface area contributed by atoms with Crippen molar-refractivity contribution in [3.05, 3.63) is 65.9 Å².